The molecule has 1 aliphatic rings. The summed E-state index contributed by atoms with van der Waals surface area (Å²) in [5.41, 5.74) is 1.16. The summed E-state index contributed by atoms with van der Waals surface area (Å²) in [4.78, 5) is 2.12. The molecule has 0 bridgehead atoms. The highest BCUT2D eigenvalue weighted by molar-refractivity contribution is 5.87. The molecular formula is C14H20N2O. The van der Waals surface area contributed by atoms with E-state index in [1.165, 1.54) is 0 Å². The van der Waals surface area contributed by atoms with Crippen LogP contribution in [-0.2, 0) is 0 Å². The molecule has 0 spiro atoms. The molecule has 1 heterocycles. The van der Waals surface area contributed by atoms with Crippen molar-refractivity contribution in [2.45, 2.75) is 26.2 Å². The van der Waals surface area contributed by atoms with Gasteiger partial charge in [-0.05, 0) is 26.3 Å². The molecule has 1 atom stereocenters. The van der Waals surface area contributed by atoms with Crippen LogP contribution in [0.25, 0.3) is 0 Å². The molecule has 92 valence electrons. The maximum absolute atomic E-state index is 8.34. The molecule has 1 N–H and O–H groups in total. The molecule has 0 aromatic heterocycles. The fraction of sp³-hybridized carbons (Fsp3) is 0.500. The van der Waals surface area contributed by atoms with Crippen LogP contribution in [-0.4, -0.2) is 30.4 Å². The number of benzene rings is 1. The Balaban J connectivity index is 2.26. The lowest BCUT2D eigenvalue weighted by Gasteiger charge is -2.32. The topological polar surface area (TPSA) is 36.3 Å². The van der Waals surface area contributed by atoms with Crippen molar-refractivity contribution in [1.29, 1.82) is 5.41 Å². The molecule has 1 aromatic rings. The number of likely N-dealkylation sites (N-methyl/N-ethyl adjacent to an activating group) is 1. The van der Waals surface area contributed by atoms with E-state index in [1.54, 1.807) is 0 Å². The van der Waals surface area contributed by atoms with Crippen LogP contribution < -0.4 is 4.74 Å². The predicted octanol–water partition coefficient (Wildman–Crippen LogP) is 2.87. The first-order chi connectivity index (χ1) is 8.27. The van der Waals surface area contributed by atoms with Crippen LogP contribution in [0.2, 0.25) is 0 Å². The third-order valence-corrected chi connectivity index (χ3v) is 3.39. The van der Waals surface area contributed by atoms with E-state index in [-0.39, 0.29) is 5.92 Å². The Bertz CT molecular complexity index is 399. The van der Waals surface area contributed by atoms with Gasteiger partial charge in [0.15, 0.2) is 0 Å². The second-order valence-electron chi connectivity index (χ2n) is 4.29. The van der Waals surface area contributed by atoms with Crippen molar-refractivity contribution in [2.24, 2.45) is 0 Å². The molecule has 1 aromatic carbocycles. The summed E-state index contributed by atoms with van der Waals surface area (Å²) in [6.45, 7) is 6.71. The van der Waals surface area contributed by atoms with Gasteiger partial charge in [0.2, 0.25) is 0 Å². The van der Waals surface area contributed by atoms with Crippen molar-refractivity contribution in [1.82, 2.24) is 4.90 Å². The minimum atomic E-state index is 0.194. The van der Waals surface area contributed by atoms with E-state index in [9.17, 15) is 0 Å². The van der Waals surface area contributed by atoms with Gasteiger partial charge in [0, 0.05) is 24.6 Å². The Hall–Kier alpha value is -1.51. The van der Waals surface area contributed by atoms with Crippen LogP contribution in [0.3, 0.4) is 0 Å². The van der Waals surface area contributed by atoms with E-state index in [1.807, 2.05) is 18.2 Å². The lowest BCUT2D eigenvalue weighted by atomic mass is 9.91. The minimum absolute atomic E-state index is 0.194. The van der Waals surface area contributed by atoms with Gasteiger partial charge >= 0.3 is 0 Å². The Morgan fingerprint density at radius 2 is 2.06 bits per heavy atom. The molecule has 2 rings (SSSR count). The summed E-state index contributed by atoms with van der Waals surface area (Å²) in [7, 11) is 0. The maximum atomic E-state index is 8.34. The molecule has 0 radical (unpaired) electrons. The number of nitrogens with one attached hydrogen (secondary N) is 1. The van der Waals surface area contributed by atoms with Gasteiger partial charge in [-0.2, -0.15) is 0 Å². The monoisotopic (exact) mass is 232 g/mol. The van der Waals surface area contributed by atoms with Gasteiger partial charge in [-0.15, -0.1) is 0 Å². The highest BCUT2D eigenvalue weighted by Crippen LogP contribution is 2.34. The van der Waals surface area contributed by atoms with E-state index in [0.29, 0.717) is 6.61 Å². The number of nitrogens with zero attached hydrogens (tertiary/aromatic N) is 1. The number of ether oxygens (including phenoxy) is 1. The zero-order valence-electron chi connectivity index (χ0n) is 10.6. The number of para-hydroxylation sites is 1. The van der Waals surface area contributed by atoms with Crippen LogP contribution in [0.4, 0.5) is 0 Å². The molecular weight excluding hydrogens is 212 g/mol. The molecule has 0 amide bonds. The van der Waals surface area contributed by atoms with Gasteiger partial charge in [0.25, 0.3) is 0 Å². The normalized spacial score (nSPS) is 18.1. The van der Waals surface area contributed by atoms with Crippen molar-refractivity contribution in [2.75, 3.05) is 19.7 Å². The number of amidine groups is 1. The fourth-order valence-corrected chi connectivity index (χ4v) is 2.41. The molecule has 0 saturated heterocycles. The minimum Gasteiger partial charge on any atom is -0.493 e. The second kappa shape index (κ2) is 5.21. The molecule has 1 aliphatic heterocycles. The van der Waals surface area contributed by atoms with Gasteiger partial charge in [-0.3, -0.25) is 5.41 Å². The maximum Gasteiger partial charge on any atom is 0.123 e. The first kappa shape index (κ1) is 12.0. The molecule has 17 heavy (non-hydrogen) atoms. The molecule has 3 nitrogen and oxygen atoms in total. The van der Waals surface area contributed by atoms with Crippen molar-refractivity contribution in [3.63, 3.8) is 0 Å². The van der Waals surface area contributed by atoms with E-state index in [0.717, 1.165) is 36.7 Å². The Morgan fingerprint density at radius 3 is 2.76 bits per heavy atom. The standard InChI is InChI=1S/C14H20N2O/c1-3-16(4-2)14(15)12-9-10-17-13-8-6-5-7-11(12)13/h5-8,12,15H,3-4,9-10H2,1-2H3. The summed E-state index contributed by atoms with van der Waals surface area (Å²) >= 11 is 0. The first-order valence-corrected chi connectivity index (χ1v) is 6.33. The lowest BCUT2D eigenvalue weighted by molar-refractivity contribution is 0.276. The van der Waals surface area contributed by atoms with Crippen LogP contribution in [0, 0.1) is 5.41 Å². The fourth-order valence-electron chi connectivity index (χ4n) is 2.41. The average molecular weight is 232 g/mol. The van der Waals surface area contributed by atoms with Gasteiger partial charge < -0.3 is 9.64 Å². The van der Waals surface area contributed by atoms with E-state index in [4.69, 9.17) is 10.1 Å². The Labute approximate surface area is 103 Å². The van der Waals surface area contributed by atoms with Gasteiger partial charge in [0.1, 0.15) is 11.6 Å². The molecule has 0 aliphatic carbocycles. The lowest BCUT2D eigenvalue weighted by Crippen LogP contribution is -2.36. The van der Waals surface area contributed by atoms with Crippen molar-refractivity contribution >= 4 is 5.84 Å². The third kappa shape index (κ3) is 2.28. The Morgan fingerprint density at radius 1 is 1.35 bits per heavy atom. The first-order valence-electron chi connectivity index (χ1n) is 6.33. The summed E-state index contributed by atoms with van der Waals surface area (Å²) in [5.74, 6) is 1.87. The largest absolute Gasteiger partial charge is 0.493 e. The van der Waals surface area contributed by atoms with Crippen LogP contribution in [0.15, 0.2) is 24.3 Å². The van der Waals surface area contributed by atoms with Crippen molar-refractivity contribution in [3.8, 4) is 5.75 Å². The molecule has 0 fully saturated rings. The van der Waals surface area contributed by atoms with E-state index in [2.05, 4.69) is 24.8 Å². The number of hydrogen-bond donors (Lipinski definition) is 1. The van der Waals surface area contributed by atoms with Crippen LogP contribution in [0.5, 0.6) is 5.75 Å². The van der Waals surface area contributed by atoms with Gasteiger partial charge in [-0.25, -0.2) is 0 Å². The number of rotatable bonds is 3. The van der Waals surface area contributed by atoms with Crippen molar-refractivity contribution < 1.29 is 4.74 Å². The van der Waals surface area contributed by atoms with E-state index >= 15 is 0 Å². The average Bonchev–Trinajstić information content (AvgIpc) is 2.39. The SMILES string of the molecule is CCN(CC)C(=N)C1CCOc2ccccc21. The summed E-state index contributed by atoms with van der Waals surface area (Å²) < 4.78 is 5.64. The summed E-state index contributed by atoms with van der Waals surface area (Å²) in [6, 6.07) is 8.09. The summed E-state index contributed by atoms with van der Waals surface area (Å²) in [5, 5.41) is 8.34. The van der Waals surface area contributed by atoms with Gasteiger partial charge in [0.05, 0.1) is 6.61 Å². The highest BCUT2D eigenvalue weighted by atomic mass is 16.5. The molecule has 1 unspecified atom stereocenters. The molecule has 0 saturated carbocycles. The van der Waals surface area contributed by atoms with E-state index < -0.39 is 0 Å². The van der Waals surface area contributed by atoms with Crippen molar-refractivity contribution in [3.05, 3.63) is 29.8 Å². The quantitative estimate of drug-likeness (QED) is 0.642. The van der Waals surface area contributed by atoms with Crippen LogP contribution in [0.1, 0.15) is 31.7 Å². The third-order valence-electron chi connectivity index (χ3n) is 3.39. The molecule has 3 heteroatoms. The smallest absolute Gasteiger partial charge is 0.123 e. The number of fused-ring (bicyclic) bond motifs is 1. The Kier molecular flexibility index (Phi) is 3.67. The zero-order valence-corrected chi connectivity index (χ0v) is 10.6. The highest BCUT2D eigenvalue weighted by Gasteiger charge is 2.26. The second-order valence-corrected chi connectivity index (χ2v) is 4.29. The summed E-state index contributed by atoms with van der Waals surface area (Å²) in [6.07, 6.45) is 0.909. The van der Waals surface area contributed by atoms with Crippen LogP contribution >= 0.6 is 0 Å². The number of hydrogen-bond acceptors (Lipinski definition) is 2. The van der Waals surface area contributed by atoms with Gasteiger partial charge in [-0.1, -0.05) is 18.2 Å². The predicted molar refractivity (Wildman–Crippen MR) is 69.9 cm³/mol. The zero-order chi connectivity index (χ0) is 12.3.